The molecule has 2 aromatic carbocycles. The summed E-state index contributed by atoms with van der Waals surface area (Å²) in [6.45, 7) is 0.494. The van der Waals surface area contributed by atoms with Crippen molar-refractivity contribution in [2.75, 3.05) is 30.9 Å². The van der Waals surface area contributed by atoms with Crippen molar-refractivity contribution in [3.05, 3.63) is 47.0 Å². The van der Waals surface area contributed by atoms with Gasteiger partial charge in [-0.3, -0.25) is 4.79 Å². The van der Waals surface area contributed by atoms with Crippen molar-refractivity contribution in [1.29, 1.82) is 0 Å². The van der Waals surface area contributed by atoms with Crippen LogP contribution in [-0.2, 0) is 17.4 Å². The molecule has 0 radical (unpaired) electrons. The highest BCUT2D eigenvalue weighted by atomic mass is 19.4. The van der Waals surface area contributed by atoms with Crippen molar-refractivity contribution >= 4 is 23.4 Å². The van der Waals surface area contributed by atoms with Gasteiger partial charge in [-0.15, -0.1) is 0 Å². The third kappa shape index (κ3) is 2.74. The van der Waals surface area contributed by atoms with Crippen LogP contribution in [0.25, 0.3) is 17.2 Å². The Morgan fingerprint density at radius 2 is 1.89 bits per heavy atom. The van der Waals surface area contributed by atoms with Gasteiger partial charge in [0, 0.05) is 24.7 Å². The van der Waals surface area contributed by atoms with Crippen LogP contribution in [0, 0.1) is 0 Å². The third-order valence-corrected chi connectivity index (χ3v) is 4.93. The maximum Gasteiger partial charge on any atom is 0.419 e. The maximum atomic E-state index is 14.1. The van der Waals surface area contributed by atoms with E-state index >= 15 is 0 Å². The molecule has 0 unspecified atom stereocenters. The number of carbonyl (C=O) groups excluding carboxylic acids is 1. The number of methoxy groups -OCH3 is 1. The molecule has 0 aromatic heterocycles. The lowest BCUT2D eigenvalue weighted by Crippen LogP contribution is -2.24. The summed E-state index contributed by atoms with van der Waals surface area (Å²) in [5.41, 5.74) is 1.13. The van der Waals surface area contributed by atoms with E-state index in [1.807, 2.05) is 12.2 Å². The van der Waals surface area contributed by atoms with Gasteiger partial charge in [0.1, 0.15) is 5.75 Å². The molecule has 27 heavy (non-hydrogen) atoms. The first-order valence-corrected chi connectivity index (χ1v) is 8.43. The van der Waals surface area contributed by atoms with Crippen LogP contribution >= 0.6 is 0 Å². The molecule has 0 bridgehead atoms. The Morgan fingerprint density at radius 1 is 1.19 bits per heavy atom. The molecular weight excluding hydrogens is 357 g/mol. The Balaban J connectivity index is 2.11. The van der Waals surface area contributed by atoms with E-state index in [0.717, 1.165) is 0 Å². The van der Waals surface area contributed by atoms with Gasteiger partial charge in [-0.1, -0.05) is 24.3 Å². The number of nitrogens with zero attached hydrogens (tertiary/aromatic N) is 1. The summed E-state index contributed by atoms with van der Waals surface area (Å²) < 4.78 is 47.6. The van der Waals surface area contributed by atoms with Crippen LogP contribution < -0.4 is 15.0 Å². The quantitative estimate of drug-likeness (QED) is 0.850. The standard InChI is InChI=1S/C20H17F3N2O2/c1-25-9-3-4-13-14-10-15(26)24-18(14)17(20(21,22)23)16(19(13)25)11-5-7-12(27-2)8-6-11/h3-8H,9-10H2,1-2H3,(H,24,26). The molecule has 0 atom stereocenters. The highest BCUT2D eigenvalue weighted by molar-refractivity contribution is 6.07. The van der Waals surface area contributed by atoms with Gasteiger partial charge in [-0.05, 0) is 23.3 Å². The number of fused-ring (bicyclic) bond motifs is 3. The average Bonchev–Trinajstić information content (AvgIpc) is 3.01. The lowest BCUT2D eigenvalue weighted by atomic mass is 9.87. The molecule has 4 rings (SSSR count). The van der Waals surface area contributed by atoms with Crippen molar-refractivity contribution < 1.29 is 22.7 Å². The molecule has 0 fully saturated rings. The molecule has 2 aliphatic heterocycles. The van der Waals surface area contributed by atoms with Gasteiger partial charge in [-0.25, -0.2) is 0 Å². The minimum absolute atomic E-state index is 0.0538. The third-order valence-electron chi connectivity index (χ3n) is 4.93. The Morgan fingerprint density at radius 3 is 2.52 bits per heavy atom. The Kier molecular flexibility index (Phi) is 3.91. The number of hydrogen-bond acceptors (Lipinski definition) is 3. The van der Waals surface area contributed by atoms with Gasteiger partial charge < -0.3 is 15.0 Å². The molecule has 2 aromatic rings. The van der Waals surface area contributed by atoms with E-state index in [2.05, 4.69) is 5.32 Å². The predicted molar refractivity (Wildman–Crippen MR) is 98.1 cm³/mol. The van der Waals surface area contributed by atoms with Crippen LogP contribution in [0.2, 0.25) is 0 Å². The van der Waals surface area contributed by atoms with Crippen molar-refractivity contribution in [2.24, 2.45) is 0 Å². The highest BCUT2D eigenvalue weighted by Crippen LogP contribution is 2.52. The van der Waals surface area contributed by atoms with Gasteiger partial charge in [0.2, 0.25) is 5.91 Å². The molecule has 2 heterocycles. The number of nitrogens with one attached hydrogen (secondary N) is 1. The van der Waals surface area contributed by atoms with Crippen molar-refractivity contribution in [3.63, 3.8) is 0 Å². The summed E-state index contributed by atoms with van der Waals surface area (Å²) in [7, 11) is 3.26. The number of carbonyl (C=O) groups is 1. The zero-order valence-electron chi connectivity index (χ0n) is 14.8. The summed E-state index contributed by atoms with van der Waals surface area (Å²) in [4.78, 5) is 13.7. The van der Waals surface area contributed by atoms with Gasteiger partial charge in [0.25, 0.3) is 0 Å². The van der Waals surface area contributed by atoms with Gasteiger partial charge in [-0.2, -0.15) is 13.2 Å². The second kappa shape index (κ2) is 6.04. The molecule has 140 valence electrons. The SMILES string of the molecule is COc1ccc(-c2c3c(c4c(c2C(F)(F)F)NC(=O)C4)C=CCN3C)cc1. The van der Waals surface area contributed by atoms with Crippen LogP contribution in [0.15, 0.2) is 30.3 Å². The fourth-order valence-electron chi connectivity index (χ4n) is 3.79. The number of likely N-dealkylation sites (N-methyl/N-ethyl adjacent to an activating group) is 1. The van der Waals surface area contributed by atoms with E-state index in [1.54, 1.807) is 36.2 Å². The second-order valence-electron chi connectivity index (χ2n) is 6.60. The summed E-state index contributed by atoms with van der Waals surface area (Å²) >= 11 is 0. The number of amides is 1. The first-order valence-electron chi connectivity index (χ1n) is 8.43. The monoisotopic (exact) mass is 374 g/mol. The van der Waals surface area contributed by atoms with E-state index in [1.165, 1.54) is 7.11 Å². The lowest BCUT2D eigenvalue weighted by Gasteiger charge is -2.31. The number of halogens is 3. The lowest BCUT2D eigenvalue weighted by molar-refractivity contribution is -0.136. The molecule has 4 nitrogen and oxygen atoms in total. The summed E-state index contributed by atoms with van der Waals surface area (Å²) in [6, 6.07) is 6.48. The Bertz CT molecular complexity index is 963. The minimum atomic E-state index is -4.62. The molecule has 7 heteroatoms. The zero-order valence-corrected chi connectivity index (χ0v) is 14.8. The summed E-state index contributed by atoms with van der Waals surface area (Å²) in [6.07, 6.45) is -0.978. The number of anilines is 2. The second-order valence-corrected chi connectivity index (χ2v) is 6.60. The maximum absolute atomic E-state index is 14.1. The molecule has 1 N–H and O–H groups in total. The number of alkyl halides is 3. The number of ether oxygens (including phenoxy) is 1. The van der Waals surface area contributed by atoms with Crippen molar-refractivity contribution in [1.82, 2.24) is 0 Å². The smallest absolute Gasteiger partial charge is 0.419 e. The summed E-state index contributed by atoms with van der Waals surface area (Å²) in [5.74, 6) is 0.134. The summed E-state index contributed by atoms with van der Waals surface area (Å²) in [5, 5.41) is 2.43. The highest BCUT2D eigenvalue weighted by Gasteiger charge is 2.43. The first-order chi connectivity index (χ1) is 12.8. The van der Waals surface area contributed by atoms with Crippen molar-refractivity contribution in [3.8, 4) is 16.9 Å². The molecule has 0 spiro atoms. The van der Waals surface area contributed by atoms with E-state index in [0.29, 0.717) is 34.7 Å². The number of benzene rings is 2. The van der Waals surface area contributed by atoms with Crippen LogP contribution in [0.5, 0.6) is 5.75 Å². The molecule has 0 saturated heterocycles. The van der Waals surface area contributed by atoms with Gasteiger partial charge in [0.05, 0.1) is 30.5 Å². The zero-order chi connectivity index (χ0) is 19.3. The van der Waals surface area contributed by atoms with Crippen LogP contribution in [-0.4, -0.2) is 26.6 Å². The first kappa shape index (κ1) is 17.5. The molecule has 1 amide bonds. The van der Waals surface area contributed by atoms with Gasteiger partial charge in [0.15, 0.2) is 0 Å². The topological polar surface area (TPSA) is 41.6 Å². The fourth-order valence-corrected chi connectivity index (χ4v) is 3.79. The van der Waals surface area contributed by atoms with Crippen LogP contribution in [0.4, 0.5) is 24.5 Å². The van der Waals surface area contributed by atoms with E-state index in [4.69, 9.17) is 4.74 Å². The van der Waals surface area contributed by atoms with E-state index in [-0.39, 0.29) is 17.7 Å². The minimum Gasteiger partial charge on any atom is -0.497 e. The van der Waals surface area contributed by atoms with E-state index < -0.39 is 17.6 Å². The largest absolute Gasteiger partial charge is 0.497 e. The Hall–Kier alpha value is -2.96. The molecule has 0 saturated carbocycles. The molecule has 0 aliphatic carbocycles. The molecule has 2 aliphatic rings. The van der Waals surface area contributed by atoms with Crippen LogP contribution in [0.3, 0.4) is 0 Å². The number of hydrogen-bond donors (Lipinski definition) is 1. The van der Waals surface area contributed by atoms with Crippen LogP contribution in [0.1, 0.15) is 16.7 Å². The fraction of sp³-hybridized carbons (Fsp3) is 0.250. The molecular formula is C20H17F3N2O2. The predicted octanol–water partition coefficient (Wildman–Crippen LogP) is 4.34. The normalized spacial score (nSPS) is 15.4. The Labute approximate surface area is 154 Å². The van der Waals surface area contributed by atoms with E-state index in [9.17, 15) is 18.0 Å². The number of rotatable bonds is 2. The van der Waals surface area contributed by atoms with Crippen molar-refractivity contribution in [2.45, 2.75) is 12.6 Å². The van der Waals surface area contributed by atoms with Gasteiger partial charge >= 0.3 is 6.18 Å². The average molecular weight is 374 g/mol.